The van der Waals surface area contributed by atoms with Crippen LogP contribution in [0.1, 0.15) is 30.5 Å². The van der Waals surface area contributed by atoms with E-state index in [1.165, 1.54) is 12.1 Å². The molecule has 0 saturated heterocycles. The minimum absolute atomic E-state index is 0.00448. The lowest BCUT2D eigenvalue weighted by Gasteiger charge is -2.19. The summed E-state index contributed by atoms with van der Waals surface area (Å²) in [5.41, 5.74) is 4.11. The van der Waals surface area contributed by atoms with Crippen LogP contribution in [-0.4, -0.2) is 12.5 Å². The quantitative estimate of drug-likeness (QED) is 0.478. The van der Waals surface area contributed by atoms with Crippen LogP contribution in [0.3, 0.4) is 0 Å². The summed E-state index contributed by atoms with van der Waals surface area (Å²) in [5, 5.41) is 0. The van der Waals surface area contributed by atoms with Gasteiger partial charge in [-0.25, -0.2) is 4.39 Å². The van der Waals surface area contributed by atoms with Crippen LogP contribution in [0.2, 0.25) is 0 Å². The fourth-order valence-corrected chi connectivity index (χ4v) is 3.67. The van der Waals surface area contributed by atoms with E-state index in [2.05, 4.69) is 13.8 Å². The van der Waals surface area contributed by atoms with E-state index in [0.717, 1.165) is 22.4 Å². The molecule has 1 aliphatic heterocycles. The minimum atomic E-state index is -0.287. The average molecular weight is 401 g/mol. The lowest BCUT2D eigenvalue weighted by atomic mass is 10.0. The number of para-hydroxylation sites is 2. The Hall–Kier alpha value is -3.40. The second-order valence-electron chi connectivity index (χ2n) is 7.84. The standard InChI is InChI=1S/C26H24FNO2/c1-18(2)16-28-24-12-5-4-11-22(24)23(26(28)29)15-20-9-3-6-13-25(20)30-17-19-8-7-10-21(27)14-19/h3-15,18H,16-17H2,1-2H3/b23-15-. The van der Waals surface area contributed by atoms with Gasteiger partial charge in [0.25, 0.3) is 5.91 Å². The number of halogens is 1. The van der Waals surface area contributed by atoms with Gasteiger partial charge in [0.05, 0.1) is 5.69 Å². The normalized spacial score (nSPS) is 14.5. The van der Waals surface area contributed by atoms with Crippen molar-refractivity contribution in [1.82, 2.24) is 0 Å². The molecule has 3 aromatic carbocycles. The topological polar surface area (TPSA) is 29.5 Å². The smallest absolute Gasteiger partial charge is 0.259 e. The average Bonchev–Trinajstić information content (AvgIpc) is 2.99. The SMILES string of the molecule is CC(C)CN1C(=O)/C(=C\c2ccccc2OCc2cccc(F)c2)c2ccccc21. The summed E-state index contributed by atoms with van der Waals surface area (Å²) < 4.78 is 19.4. The van der Waals surface area contributed by atoms with Gasteiger partial charge in [-0.05, 0) is 41.8 Å². The monoisotopic (exact) mass is 401 g/mol. The summed E-state index contributed by atoms with van der Waals surface area (Å²) in [6.07, 6.45) is 1.89. The highest BCUT2D eigenvalue weighted by molar-refractivity contribution is 6.35. The zero-order valence-corrected chi connectivity index (χ0v) is 17.1. The second-order valence-corrected chi connectivity index (χ2v) is 7.84. The summed E-state index contributed by atoms with van der Waals surface area (Å²) in [6, 6.07) is 21.8. The fourth-order valence-electron chi connectivity index (χ4n) is 3.67. The number of hydrogen-bond acceptors (Lipinski definition) is 2. The maximum absolute atomic E-state index is 13.4. The van der Waals surface area contributed by atoms with Gasteiger partial charge in [0.1, 0.15) is 18.2 Å². The van der Waals surface area contributed by atoms with Crippen molar-refractivity contribution in [2.24, 2.45) is 5.92 Å². The molecule has 0 N–H and O–H groups in total. The van der Waals surface area contributed by atoms with Crippen molar-refractivity contribution in [3.63, 3.8) is 0 Å². The summed E-state index contributed by atoms with van der Waals surface area (Å²) in [6.45, 7) is 5.13. The molecule has 4 heteroatoms. The first-order chi connectivity index (χ1) is 14.5. The zero-order chi connectivity index (χ0) is 21.1. The molecule has 152 valence electrons. The number of ether oxygens (including phenoxy) is 1. The number of benzene rings is 3. The first kappa shape index (κ1) is 19.9. The summed E-state index contributed by atoms with van der Waals surface area (Å²) in [4.78, 5) is 15.1. The van der Waals surface area contributed by atoms with Gasteiger partial charge in [-0.3, -0.25) is 4.79 Å². The van der Waals surface area contributed by atoms with Crippen molar-refractivity contribution < 1.29 is 13.9 Å². The molecule has 0 saturated carbocycles. The van der Waals surface area contributed by atoms with Gasteiger partial charge in [-0.1, -0.05) is 62.4 Å². The number of hydrogen-bond donors (Lipinski definition) is 0. The van der Waals surface area contributed by atoms with Crippen molar-refractivity contribution >= 4 is 23.2 Å². The fraction of sp³-hybridized carbons (Fsp3) is 0.192. The molecule has 1 aliphatic rings. The van der Waals surface area contributed by atoms with Crippen molar-refractivity contribution in [1.29, 1.82) is 0 Å². The highest BCUT2D eigenvalue weighted by atomic mass is 19.1. The van der Waals surface area contributed by atoms with E-state index in [1.807, 2.05) is 65.6 Å². The van der Waals surface area contributed by atoms with Crippen LogP contribution in [0.25, 0.3) is 11.6 Å². The molecular weight excluding hydrogens is 377 g/mol. The Balaban J connectivity index is 1.66. The van der Waals surface area contributed by atoms with Gasteiger partial charge in [-0.2, -0.15) is 0 Å². The van der Waals surface area contributed by atoms with Gasteiger partial charge < -0.3 is 9.64 Å². The third kappa shape index (κ3) is 4.13. The zero-order valence-electron chi connectivity index (χ0n) is 17.1. The molecule has 0 bridgehead atoms. The molecule has 0 atom stereocenters. The number of fused-ring (bicyclic) bond motifs is 1. The molecule has 1 heterocycles. The van der Waals surface area contributed by atoms with Gasteiger partial charge in [0.2, 0.25) is 0 Å². The Bertz CT molecular complexity index is 1100. The first-order valence-electron chi connectivity index (χ1n) is 10.1. The predicted molar refractivity (Wildman–Crippen MR) is 119 cm³/mol. The molecule has 4 rings (SSSR count). The first-order valence-corrected chi connectivity index (χ1v) is 10.1. The Morgan fingerprint density at radius 2 is 1.77 bits per heavy atom. The molecular formula is C26H24FNO2. The number of anilines is 1. The molecule has 30 heavy (non-hydrogen) atoms. The predicted octanol–water partition coefficient (Wildman–Crippen LogP) is 5.95. The third-order valence-corrected chi connectivity index (χ3v) is 5.01. The Morgan fingerprint density at radius 3 is 2.57 bits per heavy atom. The lowest BCUT2D eigenvalue weighted by molar-refractivity contribution is -0.113. The molecule has 0 unspecified atom stereocenters. The van der Waals surface area contributed by atoms with E-state index in [0.29, 0.717) is 23.8 Å². The highest BCUT2D eigenvalue weighted by Crippen LogP contribution is 2.39. The molecule has 0 aromatic heterocycles. The van der Waals surface area contributed by atoms with Crippen LogP contribution in [0.5, 0.6) is 5.75 Å². The van der Waals surface area contributed by atoms with Crippen LogP contribution in [0.15, 0.2) is 72.8 Å². The Labute approximate surface area is 176 Å². The molecule has 1 amide bonds. The van der Waals surface area contributed by atoms with Crippen molar-refractivity contribution in [2.45, 2.75) is 20.5 Å². The van der Waals surface area contributed by atoms with Crippen LogP contribution in [0, 0.1) is 11.7 Å². The van der Waals surface area contributed by atoms with Crippen LogP contribution < -0.4 is 9.64 Å². The van der Waals surface area contributed by atoms with E-state index in [1.54, 1.807) is 6.07 Å². The number of amides is 1. The number of carbonyl (C=O) groups excluding carboxylic acids is 1. The largest absolute Gasteiger partial charge is 0.488 e. The van der Waals surface area contributed by atoms with Crippen LogP contribution in [-0.2, 0) is 11.4 Å². The van der Waals surface area contributed by atoms with E-state index in [4.69, 9.17) is 4.74 Å². The summed E-state index contributed by atoms with van der Waals surface area (Å²) >= 11 is 0. The number of nitrogens with zero attached hydrogens (tertiary/aromatic N) is 1. The van der Waals surface area contributed by atoms with Crippen LogP contribution in [0.4, 0.5) is 10.1 Å². The molecule has 0 radical (unpaired) electrons. The highest BCUT2D eigenvalue weighted by Gasteiger charge is 2.32. The van der Waals surface area contributed by atoms with Gasteiger partial charge in [0.15, 0.2) is 0 Å². The van der Waals surface area contributed by atoms with Gasteiger partial charge in [-0.15, -0.1) is 0 Å². The maximum Gasteiger partial charge on any atom is 0.259 e. The van der Waals surface area contributed by atoms with E-state index < -0.39 is 0 Å². The maximum atomic E-state index is 13.4. The summed E-state index contributed by atoms with van der Waals surface area (Å²) in [5.74, 6) is 0.736. The molecule has 0 spiro atoms. The van der Waals surface area contributed by atoms with Crippen molar-refractivity contribution in [2.75, 3.05) is 11.4 Å². The molecule has 0 aliphatic carbocycles. The third-order valence-electron chi connectivity index (χ3n) is 5.01. The lowest BCUT2D eigenvalue weighted by Crippen LogP contribution is -2.30. The summed E-state index contributed by atoms with van der Waals surface area (Å²) in [7, 11) is 0. The Morgan fingerprint density at radius 1 is 1.00 bits per heavy atom. The van der Waals surface area contributed by atoms with Gasteiger partial charge in [0, 0.05) is 23.2 Å². The Kier molecular flexibility index (Phi) is 5.66. The van der Waals surface area contributed by atoms with Crippen molar-refractivity contribution in [3.05, 3.63) is 95.3 Å². The van der Waals surface area contributed by atoms with Gasteiger partial charge >= 0.3 is 0 Å². The van der Waals surface area contributed by atoms with Crippen molar-refractivity contribution in [3.8, 4) is 5.75 Å². The molecule has 3 aromatic rings. The number of rotatable bonds is 6. The van der Waals surface area contributed by atoms with Crippen LogP contribution >= 0.6 is 0 Å². The van der Waals surface area contributed by atoms with E-state index >= 15 is 0 Å². The van der Waals surface area contributed by atoms with E-state index in [-0.39, 0.29) is 18.3 Å². The van der Waals surface area contributed by atoms with E-state index in [9.17, 15) is 9.18 Å². The molecule has 0 fully saturated rings. The second kappa shape index (κ2) is 8.54. The number of carbonyl (C=O) groups is 1. The molecule has 3 nitrogen and oxygen atoms in total. The minimum Gasteiger partial charge on any atom is -0.488 e.